The molecular formula is C28H59N5O. The van der Waals surface area contributed by atoms with Crippen LogP contribution in [0.5, 0.6) is 0 Å². The molecule has 202 valence electrons. The Morgan fingerprint density at radius 2 is 1.24 bits per heavy atom. The first-order valence-corrected chi connectivity index (χ1v) is 14.5. The van der Waals surface area contributed by atoms with Crippen molar-refractivity contribution < 1.29 is 4.79 Å². The number of hydrogen-bond acceptors (Lipinski definition) is 3. The maximum atomic E-state index is 12.1. The van der Waals surface area contributed by atoms with E-state index in [1.807, 2.05) is 0 Å². The van der Waals surface area contributed by atoms with E-state index in [4.69, 9.17) is 11.5 Å². The summed E-state index contributed by atoms with van der Waals surface area (Å²) >= 11 is 0. The number of carbonyl (C=O) groups is 1. The Labute approximate surface area is 212 Å². The first-order valence-electron chi connectivity index (χ1n) is 14.5. The van der Waals surface area contributed by atoms with E-state index in [0.29, 0.717) is 31.3 Å². The van der Waals surface area contributed by atoms with Crippen molar-refractivity contribution in [1.82, 2.24) is 27.4 Å². The Balaban J connectivity index is 3.81. The summed E-state index contributed by atoms with van der Waals surface area (Å²) in [7, 11) is 0. The molecule has 0 aromatic heterocycles. The SMILES string of the molecule is CC(C)CCCC(C)CCC(=O)NCCCCCCC(CNCCCC[NH])CNCCCC[NH]. The monoisotopic (exact) mass is 481 g/mol. The van der Waals surface area contributed by atoms with Crippen molar-refractivity contribution >= 4 is 5.91 Å². The van der Waals surface area contributed by atoms with Gasteiger partial charge in [0.05, 0.1) is 0 Å². The largest absolute Gasteiger partial charge is 0.356 e. The van der Waals surface area contributed by atoms with Gasteiger partial charge in [-0.1, -0.05) is 59.3 Å². The molecule has 0 aromatic carbocycles. The maximum absolute atomic E-state index is 12.1. The van der Waals surface area contributed by atoms with Crippen LogP contribution in [0.25, 0.3) is 0 Å². The first-order chi connectivity index (χ1) is 16.5. The average molecular weight is 482 g/mol. The second kappa shape index (κ2) is 25.4. The molecule has 6 nitrogen and oxygen atoms in total. The van der Waals surface area contributed by atoms with E-state index in [1.54, 1.807) is 0 Å². The van der Waals surface area contributed by atoms with Crippen molar-refractivity contribution in [2.24, 2.45) is 17.8 Å². The third-order valence-corrected chi connectivity index (χ3v) is 6.63. The molecule has 1 atom stereocenters. The summed E-state index contributed by atoms with van der Waals surface area (Å²) in [5, 5.41) is 10.3. The fraction of sp³-hybridized carbons (Fsp3) is 0.964. The van der Waals surface area contributed by atoms with Gasteiger partial charge in [-0.05, 0) is 88.9 Å². The van der Waals surface area contributed by atoms with Gasteiger partial charge in [0, 0.05) is 26.1 Å². The number of unbranched alkanes of at least 4 members (excludes halogenated alkanes) is 5. The Morgan fingerprint density at radius 1 is 0.647 bits per heavy atom. The molecule has 0 aliphatic rings. The Morgan fingerprint density at radius 3 is 1.82 bits per heavy atom. The summed E-state index contributed by atoms with van der Waals surface area (Å²) in [5.74, 6) is 2.30. The van der Waals surface area contributed by atoms with E-state index in [2.05, 4.69) is 36.7 Å². The molecule has 0 aliphatic carbocycles. The zero-order valence-electron chi connectivity index (χ0n) is 23.0. The minimum Gasteiger partial charge on any atom is -0.356 e. The molecule has 0 saturated carbocycles. The van der Waals surface area contributed by atoms with Gasteiger partial charge < -0.3 is 16.0 Å². The minimum absolute atomic E-state index is 0.226. The van der Waals surface area contributed by atoms with Crippen molar-refractivity contribution in [2.75, 3.05) is 45.8 Å². The van der Waals surface area contributed by atoms with Gasteiger partial charge in [-0.2, -0.15) is 0 Å². The molecule has 6 heteroatoms. The normalized spacial score (nSPS) is 12.6. The lowest BCUT2D eigenvalue weighted by atomic mass is 9.96. The lowest BCUT2D eigenvalue weighted by Gasteiger charge is -2.18. The Bertz CT molecular complexity index is 419. The summed E-state index contributed by atoms with van der Waals surface area (Å²) in [6.45, 7) is 12.8. The van der Waals surface area contributed by atoms with Crippen LogP contribution in [0.2, 0.25) is 0 Å². The van der Waals surface area contributed by atoms with Crippen LogP contribution < -0.4 is 27.4 Å². The third-order valence-electron chi connectivity index (χ3n) is 6.63. The van der Waals surface area contributed by atoms with Gasteiger partial charge in [-0.15, -0.1) is 0 Å². The van der Waals surface area contributed by atoms with E-state index in [-0.39, 0.29) is 5.91 Å². The molecule has 0 bridgehead atoms. The van der Waals surface area contributed by atoms with Crippen molar-refractivity contribution in [3.8, 4) is 0 Å². The van der Waals surface area contributed by atoms with E-state index >= 15 is 0 Å². The lowest BCUT2D eigenvalue weighted by molar-refractivity contribution is -0.121. The van der Waals surface area contributed by atoms with E-state index in [1.165, 1.54) is 44.9 Å². The number of amides is 1. The smallest absolute Gasteiger partial charge is 0.220 e. The fourth-order valence-electron chi connectivity index (χ4n) is 4.26. The molecule has 0 spiro atoms. The fourth-order valence-corrected chi connectivity index (χ4v) is 4.26. The molecule has 0 heterocycles. The molecule has 0 aliphatic heterocycles. The average Bonchev–Trinajstić information content (AvgIpc) is 2.81. The molecule has 2 radical (unpaired) electrons. The van der Waals surface area contributed by atoms with Crippen LogP contribution in [0.4, 0.5) is 0 Å². The zero-order valence-corrected chi connectivity index (χ0v) is 23.0. The second-order valence-corrected chi connectivity index (χ2v) is 10.7. The molecule has 0 rings (SSSR count). The highest BCUT2D eigenvalue weighted by atomic mass is 16.1. The Kier molecular flexibility index (Phi) is 24.9. The van der Waals surface area contributed by atoms with Gasteiger partial charge in [-0.3, -0.25) is 16.3 Å². The number of rotatable bonds is 26. The topological polar surface area (TPSA) is 101 Å². The van der Waals surface area contributed by atoms with Crippen molar-refractivity contribution in [3.63, 3.8) is 0 Å². The molecule has 1 amide bonds. The lowest BCUT2D eigenvalue weighted by Crippen LogP contribution is -2.32. The predicted molar refractivity (Wildman–Crippen MR) is 147 cm³/mol. The number of hydrogen-bond donors (Lipinski definition) is 3. The van der Waals surface area contributed by atoms with Gasteiger partial charge in [-0.25, -0.2) is 0 Å². The quantitative estimate of drug-likeness (QED) is 0.148. The van der Waals surface area contributed by atoms with Crippen LogP contribution in [0.15, 0.2) is 0 Å². The summed E-state index contributed by atoms with van der Waals surface area (Å²) < 4.78 is 0. The first kappa shape index (κ1) is 33.3. The molecular weight excluding hydrogens is 422 g/mol. The molecule has 5 N–H and O–H groups in total. The molecule has 34 heavy (non-hydrogen) atoms. The van der Waals surface area contributed by atoms with Crippen LogP contribution in [0, 0.1) is 17.8 Å². The standard InChI is InChI=1S/C28H59N5O/c1-25(2)13-12-14-26(3)16-17-28(34)33-22-9-5-4-6-15-27(23-31-20-10-7-18-29)24-32-21-11-8-19-30/h25-27,29-32H,4-24H2,1-3H3,(H,33,34). The highest BCUT2D eigenvalue weighted by molar-refractivity contribution is 5.75. The van der Waals surface area contributed by atoms with Crippen LogP contribution in [0.3, 0.4) is 0 Å². The number of nitrogens with one attached hydrogen (secondary N) is 5. The van der Waals surface area contributed by atoms with Gasteiger partial charge in [0.15, 0.2) is 0 Å². The van der Waals surface area contributed by atoms with Crippen molar-refractivity contribution in [2.45, 2.75) is 111 Å². The van der Waals surface area contributed by atoms with Crippen LogP contribution in [-0.4, -0.2) is 51.7 Å². The molecule has 0 aromatic rings. The van der Waals surface area contributed by atoms with Crippen LogP contribution in [-0.2, 0) is 4.79 Å². The maximum Gasteiger partial charge on any atom is 0.220 e. The highest BCUT2D eigenvalue weighted by Gasteiger charge is 2.09. The summed E-state index contributed by atoms with van der Waals surface area (Å²) in [4.78, 5) is 12.1. The molecule has 0 saturated heterocycles. The van der Waals surface area contributed by atoms with Crippen molar-refractivity contribution in [1.29, 1.82) is 0 Å². The summed E-state index contributed by atoms with van der Waals surface area (Å²) in [6.07, 6.45) is 15.6. The predicted octanol–water partition coefficient (Wildman–Crippen LogP) is 5.22. The van der Waals surface area contributed by atoms with Crippen LogP contribution in [0.1, 0.15) is 111 Å². The molecule has 1 unspecified atom stereocenters. The Hall–Kier alpha value is -0.690. The van der Waals surface area contributed by atoms with Gasteiger partial charge in [0.1, 0.15) is 0 Å². The minimum atomic E-state index is 0.226. The van der Waals surface area contributed by atoms with Crippen molar-refractivity contribution in [3.05, 3.63) is 0 Å². The summed E-state index contributed by atoms with van der Waals surface area (Å²) in [6, 6.07) is 0. The third kappa shape index (κ3) is 24.4. The molecule has 0 fully saturated rings. The second-order valence-electron chi connectivity index (χ2n) is 10.7. The highest BCUT2D eigenvalue weighted by Crippen LogP contribution is 2.16. The zero-order chi connectivity index (χ0) is 25.3. The van der Waals surface area contributed by atoms with E-state index in [0.717, 1.165) is 77.2 Å². The van der Waals surface area contributed by atoms with Gasteiger partial charge >= 0.3 is 0 Å². The van der Waals surface area contributed by atoms with Crippen LogP contribution >= 0.6 is 0 Å². The summed E-state index contributed by atoms with van der Waals surface area (Å²) in [5.41, 5.74) is 14.5. The van der Waals surface area contributed by atoms with E-state index in [9.17, 15) is 4.79 Å². The van der Waals surface area contributed by atoms with Gasteiger partial charge in [0.2, 0.25) is 5.91 Å². The number of carbonyl (C=O) groups excluding carboxylic acids is 1. The van der Waals surface area contributed by atoms with Gasteiger partial charge in [0.25, 0.3) is 0 Å². The van der Waals surface area contributed by atoms with E-state index < -0.39 is 0 Å².